The lowest BCUT2D eigenvalue weighted by atomic mass is 9.91. The van der Waals surface area contributed by atoms with Crippen molar-refractivity contribution < 1.29 is 26.7 Å². The second-order valence-corrected chi connectivity index (χ2v) is 6.72. The van der Waals surface area contributed by atoms with E-state index in [0.717, 1.165) is 6.26 Å². The van der Waals surface area contributed by atoms with Gasteiger partial charge in [0.1, 0.15) is 0 Å². The molecule has 0 aromatic rings. The molecule has 0 bridgehead atoms. The molecule has 1 aliphatic heterocycles. The van der Waals surface area contributed by atoms with Gasteiger partial charge in [-0.05, 0) is 25.8 Å². The zero-order valence-corrected chi connectivity index (χ0v) is 11.5. The number of sulfonamides is 1. The number of halogens is 3. The van der Waals surface area contributed by atoms with Crippen LogP contribution in [-0.4, -0.2) is 62.6 Å². The molecule has 1 heterocycles. The Hall–Kier alpha value is -0.380. The Balaban J connectivity index is 2.28. The summed E-state index contributed by atoms with van der Waals surface area (Å²) in [6.07, 6.45) is -3.68. The third kappa shape index (κ3) is 5.25. The van der Waals surface area contributed by atoms with E-state index in [0.29, 0.717) is 13.0 Å². The van der Waals surface area contributed by atoms with Crippen molar-refractivity contribution in [2.24, 2.45) is 0 Å². The number of alkyl halides is 3. The fraction of sp³-hybridized carbons (Fsp3) is 1.00. The minimum absolute atomic E-state index is 0.162. The average Bonchev–Trinajstić information content (AvgIpc) is 2.24. The van der Waals surface area contributed by atoms with Crippen molar-refractivity contribution in [3.05, 3.63) is 0 Å². The van der Waals surface area contributed by atoms with E-state index >= 15 is 0 Å². The van der Waals surface area contributed by atoms with Crippen LogP contribution in [0.1, 0.15) is 19.3 Å². The number of nitrogens with one attached hydrogen (secondary N) is 1. The van der Waals surface area contributed by atoms with E-state index in [9.17, 15) is 26.7 Å². The molecule has 0 spiro atoms. The molecule has 0 aromatic carbocycles. The third-order valence-electron chi connectivity index (χ3n) is 3.23. The molecular formula is C10H19F3N2O3S. The molecule has 1 saturated heterocycles. The molecule has 1 aliphatic rings. The van der Waals surface area contributed by atoms with Crippen LogP contribution < -0.4 is 4.72 Å². The van der Waals surface area contributed by atoms with Gasteiger partial charge in [0.15, 0.2) is 5.60 Å². The van der Waals surface area contributed by atoms with Crippen molar-refractivity contribution in [1.82, 2.24) is 9.62 Å². The molecule has 0 amide bonds. The Morgan fingerprint density at radius 2 is 1.84 bits per heavy atom. The lowest BCUT2D eigenvalue weighted by Gasteiger charge is -2.39. The van der Waals surface area contributed by atoms with Gasteiger partial charge in [-0.25, -0.2) is 13.1 Å². The number of aliphatic hydroxyl groups is 1. The highest BCUT2D eigenvalue weighted by Gasteiger charge is 2.54. The van der Waals surface area contributed by atoms with Gasteiger partial charge in [-0.3, -0.25) is 0 Å². The lowest BCUT2D eigenvalue weighted by molar-refractivity contribution is -0.272. The van der Waals surface area contributed by atoms with E-state index in [1.807, 2.05) is 0 Å². The van der Waals surface area contributed by atoms with E-state index in [1.165, 1.54) is 0 Å². The van der Waals surface area contributed by atoms with Gasteiger partial charge < -0.3 is 10.0 Å². The second-order valence-electron chi connectivity index (χ2n) is 4.89. The van der Waals surface area contributed by atoms with Crippen LogP contribution in [0.2, 0.25) is 0 Å². The molecule has 19 heavy (non-hydrogen) atoms. The Morgan fingerprint density at radius 1 is 1.32 bits per heavy atom. The topological polar surface area (TPSA) is 69.6 Å². The molecule has 0 unspecified atom stereocenters. The van der Waals surface area contributed by atoms with Gasteiger partial charge in [-0.15, -0.1) is 0 Å². The quantitative estimate of drug-likeness (QED) is 0.718. The van der Waals surface area contributed by atoms with Gasteiger partial charge in [-0.1, -0.05) is 0 Å². The SMILES string of the molecule is CS(=O)(=O)NCCCN1CCC(O)(C(F)(F)F)CC1. The van der Waals surface area contributed by atoms with Gasteiger partial charge >= 0.3 is 6.18 Å². The molecule has 1 fully saturated rings. The zero-order valence-electron chi connectivity index (χ0n) is 10.7. The van der Waals surface area contributed by atoms with Crippen molar-refractivity contribution in [2.45, 2.75) is 31.0 Å². The van der Waals surface area contributed by atoms with Crippen LogP contribution in [0.25, 0.3) is 0 Å². The average molecular weight is 304 g/mol. The molecule has 0 saturated carbocycles. The van der Waals surface area contributed by atoms with Crippen LogP contribution in [0.15, 0.2) is 0 Å². The zero-order chi connectivity index (χ0) is 14.7. The summed E-state index contributed by atoms with van der Waals surface area (Å²) < 4.78 is 61.5. The highest BCUT2D eigenvalue weighted by molar-refractivity contribution is 7.88. The summed E-state index contributed by atoms with van der Waals surface area (Å²) in [7, 11) is -3.22. The molecule has 0 aromatic heterocycles. The predicted octanol–water partition coefficient (Wildman–Crippen LogP) is 0.315. The normalized spacial score (nSPS) is 21.5. The van der Waals surface area contributed by atoms with Crippen molar-refractivity contribution in [3.8, 4) is 0 Å². The van der Waals surface area contributed by atoms with Crippen molar-refractivity contribution in [1.29, 1.82) is 0 Å². The molecule has 2 N–H and O–H groups in total. The Labute approximate surface area is 110 Å². The molecular weight excluding hydrogens is 285 g/mol. The first-order valence-electron chi connectivity index (χ1n) is 6.00. The molecule has 1 rings (SSSR count). The minimum atomic E-state index is -4.59. The summed E-state index contributed by atoms with van der Waals surface area (Å²) in [6.45, 7) is 1.10. The lowest BCUT2D eigenvalue weighted by Crippen LogP contribution is -2.53. The van der Waals surface area contributed by atoms with Crippen LogP contribution in [-0.2, 0) is 10.0 Å². The van der Waals surface area contributed by atoms with E-state index in [-0.39, 0.29) is 32.5 Å². The number of nitrogens with zero attached hydrogens (tertiary/aromatic N) is 1. The van der Waals surface area contributed by atoms with Gasteiger partial charge in [0.2, 0.25) is 10.0 Å². The summed E-state index contributed by atoms with van der Waals surface area (Å²) in [5, 5.41) is 9.46. The Kier molecular flexibility index (Phi) is 5.21. The van der Waals surface area contributed by atoms with E-state index < -0.39 is 21.8 Å². The number of rotatable bonds is 5. The van der Waals surface area contributed by atoms with Crippen LogP contribution >= 0.6 is 0 Å². The smallest absolute Gasteiger partial charge is 0.380 e. The molecule has 5 nitrogen and oxygen atoms in total. The first kappa shape index (κ1) is 16.7. The van der Waals surface area contributed by atoms with Crippen LogP contribution in [0, 0.1) is 0 Å². The summed E-state index contributed by atoms with van der Waals surface area (Å²) >= 11 is 0. The first-order valence-corrected chi connectivity index (χ1v) is 7.89. The van der Waals surface area contributed by atoms with Gasteiger partial charge in [0.05, 0.1) is 6.26 Å². The summed E-state index contributed by atoms with van der Waals surface area (Å²) in [5.74, 6) is 0. The Bertz CT molecular complexity index is 389. The maximum Gasteiger partial charge on any atom is 0.417 e. The highest BCUT2D eigenvalue weighted by Crippen LogP contribution is 2.38. The van der Waals surface area contributed by atoms with Gasteiger partial charge in [-0.2, -0.15) is 13.2 Å². The largest absolute Gasteiger partial charge is 0.417 e. The summed E-state index contributed by atoms with van der Waals surface area (Å²) in [5.41, 5.74) is -2.57. The van der Waals surface area contributed by atoms with E-state index in [4.69, 9.17) is 0 Å². The third-order valence-corrected chi connectivity index (χ3v) is 3.95. The number of hydrogen-bond acceptors (Lipinski definition) is 4. The second kappa shape index (κ2) is 5.94. The number of likely N-dealkylation sites (tertiary alicyclic amines) is 1. The standard InChI is InChI=1S/C10H19F3N2O3S/c1-19(17,18)14-5-2-6-15-7-3-9(16,4-8-15)10(11,12)13/h14,16H,2-8H2,1H3. The van der Waals surface area contributed by atoms with Crippen molar-refractivity contribution >= 4 is 10.0 Å². The molecule has 114 valence electrons. The first-order chi connectivity index (χ1) is 8.54. The van der Waals surface area contributed by atoms with E-state index in [2.05, 4.69) is 4.72 Å². The number of hydrogen-bond donors (Lipinski definition) is 2. The van der Waals surface area contributed by atoms with Crippen molar-refractivity contribution in [2.75, 3.05) is 32.4 Å². The van der Waals surface area contributed by atoms with Gasteiger partial charge in [0.25, 0.3) is 0 Å². The van der Waals surface area contributed by atoms with Crippen molar-refractivity contribution in [3.63, 3.8) is 0 Å². The predicted molar refractivity (Wildman–Crippen MR) is 64.1 cm³/mol. The summed E-state index contributed by atoms with van der Waals surface area (Å²) in [4.78, 5) is 1.80. The molecule has 0 aliphatic carbocycles. The van der Waals surface area contributed by atoms with Crippen LogP contribution in [0.5, 0.6) is 0 Å². The summed E-state index contributed by atoms with van der Waals surface area (Å²) in [6, 6.07) is 0. The van der Waals surface area contributed by atoms with Crippen LogP contribution in [0.4, 0.5) is 13.2 Å². The fourth-order valence-electron chi connectivity index (χ4n) is 1.99. The minimum Gasteiger partial charge on any atom is -0.380 e. The molecule has 0 atom stereocenters. The molecule has 0 radical (unpaired) electrons. The fourth-order valence-corrected chi connectivity index (χ4v) is 2.51. The highest BCUT2D eigenvalue weighted by atomic mass is 32.2. The van der Waals surface area contributed by atoms with Crippen LogP contribution in [0.3, 0.4) is 0 Å². The van der Waals surface area contributed by atoms with Gasteiger partial charge in [0, 0.05) is 19.6 Å². The maximum absolute atomic E-state index is 12.5. The van der Waals surface area contributed by atoms with E-state index in [1.54, 1.807) is 4.90 Å². The Morgan fingerprint density at radius 3 is 2.26 bits per heavy atom. The molecule has 9 heteroatoms. The maximum atomic E-state index is 12.5. The monoisotopic (exact) mass is 304 g/mol. The number of piperidine rings is 1.